The fourth-order valence-electron chi connectivity index (χ4n) is 1.74. The van der Waals surface area contributed by atoms with Crippen molar-refractivity contribution in [2.75, 3.05) is 17.2 Å². The fraction of sp³-hybridized carbons (Fsp3) is 0.214. The Labute approximate surface area is 112 Å². The molecule has 0 bridgehead atoms. The molecule has 0 unspecified atom stereocenters. The second kappa shape index (κ2) is 5.95. The van der Waals surface area contributed by atoms with Crippen molar-refractivity contribution in [3.63, 3.8) is 0 Å². The van der Waals surface area contributed by atoms with Gasteiger partial charge in [0.2, 0.25) is 0 Å². The van der Waals surface area contributed by atoms with Gasteiger partial charge < -0.3 is 10.6 Å². The van der Waals surface area contributed by atoms with Crippen LogP contribution in [0.4, 0.5) is 11.5 Å². The second-order valence-electron chi connectivity index (χ2n) is 4.14. The van der Waals surface area contributed by atoms with Crippen LogP contribution in [0.1, 0.15) is 22.8 Å². The molecule has 0 saturated carbocycles. The molecule has 0 aliphatic rings. The topological polar surface area (TPSA) is 66.9 Å². The van der Waals surface area contributed by atoms with Gasteiger partial charge in [-0.1, -0.05) is 11.6 Å². The summed E-state index contributed by atoms with van der Waals surface area (Å²) in [5.41, 5.74) is 2.45. The Bertz CT molecular complexity index is 569. The van der Waals surface area contributed by atoms with Crippen LogP contribution in [0.15, 0.2) is 36.5 Å². The number of hydrogen-bond donors (Lipinski definition) is 2. The molecule has 2 N–H and O–H groups in total. The first-order valence-electron chi connectivity index (χ1n) is 6.14. The number of rotatable bonds is 4. The van der Waals surface area contributed by atoms with Crippen LogP contribution in [0.2, 0.25) is 0 Å². The summed E-state index contributed by atoms with van der Waals surface area (Å²) in [4.78, 5) is 12.2. The summed E-state index contributed by atoms with van der Waals surface area (Å²) in [6.45, 7) is 4.70. The first-order chi connectivity index (χ1) is 9.20. The number of anilines is 2. The lowest BCUT2D eigenvalue weighted by atomic mass is 10.1. The maximum absolute atomic E-state index is 12.2. The van der Waals surface area contributed by atoms with Crippen LogP contribution in [0.25, 0.3) is 0 Å². The Balaban J connectivity index is 2.25. The lowest BCUT2D eigenvalue weighted by Crippen LogP contribution is -2.16. The average Bonchev–Trinajstić information content (AvgIpc) is 2.42. The first-order valence-corrected chi connectivity index (χ1v) is 6.14. The maximum Gasteiger partial charge on any atom is 0.258 e. The second-order valence-corrected chi connectivity index (χ2v) is 4.14. The molecular formula is C14H16N4O. The molecule has 1 aromatic carbocycles. The molecular weight excluding hydrogens is 240 g/mol. The minimum absolute atomic E-state index is 0.194. The summed E-state index contributed by atoms with van der Waals surface area (Å²) in [5.74, 6) is 0.247. The molecule has 0 atom stereocenters. The summed E-state index contributed by atoms with van der Waals surface area (Å²) >= 11 is 0. The number of carbonyl (C=O) groups is 1. The smallest absolute Gasteiger partial charge is 0.258 e. The van der Waals surface area contributed by atoms with E-state index in [0.29, 0.717) is 11.4 Å². The summed E-state index contributed by atoms with van der Waals surface area (Å²) in [5, 5.41) is 13.5. The van der Waals surface area contributed by atoms with Crippen LogP contribution < -0.4 is 10.6 Å². The van der Waals surface area contributed by atoms with E-state index >= 15 is 0 Å². The van der Waals surface area contributed by atoms with Crippen molar-refractivity contribution >= 4 is 17.4 Å². The molecule has 1 amide bonds. The van der Waals surface area contributed by atoms with Crippen molar-refractivity contribution in [3.8, 4) is 0 Å². The van der Waals surface area contributed by atoms with Gasteiger partial charge in [-0.3, -0.25) is 4.79 Å². The van der Waals surface area contributed by atoms with Gasteiger partial charge in [-0.05, 0) is 38.1 Å². The molecule has 5 nitrogen and oxygen atoms in total. The molecule has 0 fully saturated rings. The molecule has 19 heavy (non-hydrogen) atoms. The van der Waals surface area contributed by atoms with E-state index in [0.717, 1.165) is 17.8 Å². The highest BCUT2D eigenvalue weighted by Crippen LogP contribution is 2.18. The van der Waals surface area contributed by atoms with E-state index in [1.54, 1.807) is 18.3 Å². The van der Waals surface area contributed by atoms with E-state index in [-0.39, 0.29) is 5.91 Å². The fourth-order valence-corrected chi connectivity index (χ4v) is 1.74. The van der Waals surface area contributed by atoms with Crippen LogP contribution in [0.3, 0.4) is 0 Å². The van der Waals surface area contributed by atoms with Crippen LogP contribution in [-0.2, 0) is 0 Å². The third-order valence-electron chi connectivity index (χ3n) is 2.60. The Hall–Kier alpha value is -2.43. The molecule has 1 aromatic heterocycles. The lowest BCUT2D eigenvalue weighted by molar-refractivity contribution is 0.102. The number of amides is 1. The average molecular weight is 256 g/mol. The summed E-state index contributed by atoms with van der Waals surface area (Å²) in [6.07, 6.45) is 1.56. The van der Waals surface area contributed by atoms with Crippen molar-refractivity contribution in [2.45, 2.75) is 13.8 Å². The summed E-state index contributed by atoms with van der Waals surface area (Å²) < 4.78 is 0. The summed E-state index contributed by atoms with van der Waals surface area (Å²) in [7, 11) is 0. The minimum Gasteiger partial charge on any atom is -0.385 e. The molecule has 2 rings (SSSR count). The van der Waals surface area contributed by atoms with Crippen molar-refractivity contribution < 1.29 is 4.79 Å². The monoisotopic (exact) mass is 256 g/mol. The number of aromatic nitrogens is 2. The quantitative estimate of drug-likeness (QED) is 0.881. The van der Waals surface area contributed by atoms with E-state index in [4.69, 9.17) is 0 Å². The third kappa shape index (κ3) is 3.28. The van der Waals surface area contributed by atoms with Gasteiger partial charge in [0.05, 0.1) is 5.56 Å². The van der Waals surface area contributed by atoms with E-state index in [1.807, 2.05) is 32.0 Å². The predicted molar refractivity (Wildman–Crippen MR) is 75.3 cm³/mol. The zero-order valence-electron chi connectivity index (χ0n) is 11.0. The van der Waals surface area contributed by atoms with Crippen molar-refractivity contribution in [3.05, 3.63) is 47.7 Å². The van der Waals surface area contributed by atoms with Crippen LogP contribution >= 0.6 is 0 Å². The minimum atomic E-state index is -0.194. The Morgan fingerprint density at radius 3 is 2.84 bits per heavy atom. The zero-order valence-corrected chi connectivity index (χ0v) is 11.0. The van der Waals surface area contributed by atoms with Crippen molar-refractivity contribution in [1.29, 1.82) is 0 Å². The van der Waals surface area contributed by atoms with Gasteiger partial charge >= 0.3 is 0 Å². The highest BCUT2D eigenvalue weighted by molar-refractivity contribution is 6.07. The molecule has 5 heteroatoms. The van der Waals surface area contributed by atoms with E-state index in [1.165, 1.54) is 0 Å². The van der Waals surface area contributed by atoms with Gasteiger partial charge in [0.25, 0.3) is 5.91 Å². The van der Waals surface area contributed by atoms with Crippen LogP contribution in [-0.4, -0.2) is 22.6 Å². The number of nitrogens with one attached hydrogen (secondary N) is 2. The zero-order chi connectivity index (χ0) is 13.7. The van der Waals surface area contributed by atoms with Crippen molar-refractivity contribution in [2.24, 2.45) is 0 Å². The molecule has 98 valence electrons. The molecule has 0 aliphatic carbocycles. The summed E-state index contributed by atoms with van der Waals surface area (Å²) in [6, 6.07) is 9.16. The van der Waals surface area contributed by atoms with Gasteiger partial charge in [-0.2, -0.15) is 5.10 Å². The Kier molecular flexibility index (Phi) is 4.07. The number of benzene rings is 1. The van der Waals surface area contributed by atoms with E-state index in [2.05, 4.69) is 20.8 Å². The molecule has 0 saturated heterocycles. The Morgan fingerprint density at radius 2 is 2.16 bits per heavy atom. The SMILES string of the molecule is CCNc1ccc(C)cc1C(=O)Nc1cccnn1. The molecule has 0 aliphatic heterocycles. The molecule has 1 heterocycles. The third-order valence-corrected chi connectivity index (χ3v) is 2.60. The van der Waals surface area contributed by atoms with Gasteiger partial charge in [-0.25, -0.2) is 0 Å². The largest absolute Gasteiger partial charge is 0.385 e. The van der Waals surface area contributed by atoms with Crippen molar-refractivity contribution in [1.82, 2.24) is 10.2 Å². The Morgan fingerprint density at radius 1 is 1.32 bits per heavy atom. The number of carbonyl (C=O) groups excluding carboxylic acids is 1. The predicted octanol–water partition coefficient (Wildman–Crippen LogP) is 2.47. The van der Waals surface area contributed by atoms with Crippen LogP contribution in [0, 0.1) is 6.92 Å². The molecule has 2 aromatic rings. The maximum atomic E-state index is 12.2. The van der Waals surface area contributed by atoms with Gasteiger partial charge in [0, 0.05) is 18.4 Å². The van der Waals surface area contributed by atoms with Gasteiger partial charge in [-0.15, -0.1) is 5.10 Å². The lowest BCUT2D eigenvalue weighted by Gasteiger charge is -2.11. The number of hydrogen-bond acceptors (Lipinski definition) is 4. The van der Waals surface area contributed by atoms with Crippen LogP contribution in [0.5, 0.6) is 0 Å². The standard InChI is InChI=1S/C14H16N4O/c1-3-15-12-7-6-10(2)9-11(12)14(19)17-13-5-4-8-16-18-13/h4-9,15H,3H2,1-2H3,(H,17,18,19). The van der Waals surface area contributed by atoms with Gasteiger partial charge in [0.15, 0.2) is 5.82 Å². The normalized spacial score (nSPS) is 10.0. The van der Waals surface area contributed by atoms with Gasteiger partial charge in [0.1, 0.15) is 0 Å². The number of nitrogens with zero attached hydrogens (tertiary/aromatic N) is 2. The molecule has 0 radical (unpaired) electrons. The van der Waals surface area contributed by atoms with E-state index in [9.17, 15) is 4.79 Å². The van der Waals surface area contributed by atoms with E-state index < -0.39 is 0 Å². The highest BCUT2D eigenvalue weighted by atomic mass is 16.1. The first kappa shape index (κ1) is 13.0. The number of aryl methyl sites for hydroxylation is 1. The molecule has 0 spiro atoms. The highest BCUT2D eigenvalue weighted by Gasteiger charge is 2.12.